The van der Waals surface area contributed by atoms with Crippen LogP contribution >= 0.6 is 0 Å². The predicted octanol–water partition coefficient (Wildman–Crippen LogP) is 0.653. The summed E-state index contributed by atoms with van der Waals surface area (Å²) in [6.45, 7) is 0. The van der Waals surface area contributed by atoms with Gasteiger partial charge in [-0.2, -0.15) is 0 Å². The minimum absolute atomic E-state index is 0.0670. The lowest BCUT2D eigenvalue weighted by molar-refractivity contribution is -0.392. The molecule has 9 heteroatoms. The second-order valence-corrected chi connectivity index (χ2v) is 2.70. The van der Waals surface area contributed by atoms with Crippen LogP contribution in [0.2, 0.25) is 0 Å². The third kappa shape index (κ3) is 2.03. The van der Waals surface area contributed by atoms with Gasteiger partial charge < -0.3 is 11.1 Å². The number of anilines is 2. The number of nitro benzene ring substituents is 2. The summed E-state index contributed by atoms with van der Waals surface area (Å²) in [5.74, 6) is 0. The number of rotatable bonds is 4. The van der Waals surface area contributed by atoms with Gasteiger partial charge >= 0.3 is 11.4 Å². The van der Waals surface area contributed by atoms with Crippen molar-refractivity contribution in [3.8, 4) is 0 Å². The van der Waals surface area contributed by atoms with Crippen LogP contribution in [0.1, 0.15) is 0 Å². The molecule has 0 saturated heterocycles. The van der Waals surface area contributed by atoms with Crippen LogP contribution in [0, 0.1) is 20.2 Å². The summed E-state index contributed by atoms with van der Waals surface area (Å²) in [6, 6.07) is 1.88. The van der Waals surface area contributed by atoms with E-state index in [1.807, 2.05) is 0 Å². The van der Waals surface area contributed by atoms with E-state index in [0.29, 0.717) is 0 Å². The molecular formula is C7H6N4O5. The molecule has 0 bridgehead atoms. The highest BCUT2D eigenvalue weighted by atomic mass is 16.6. The Morgan fingerprint density at radius 1 is 1.19 bits per heavy atom. The average molecular weight is 226 g/mol. The number of nitro groups is 2. The highest BCUT2D eigenvalue weighted by Gasteiger charge is 2.24. The molecule has 0 aliphatic carbocycles. The second kappa shape index (κ2) is 4.21. The van der Waals surface area contributed by atoms with E-state index in [-0.39, 0.29) is 12.1 Å². The molecule has 1 amide bonds. The van der Waals surface area contributed by atoms with E-state index in [2.05, 4.69) is 5.32 Å². The van der Waals surface area contributed by atoms with Gasteiger partial charge in [0.2, 0.25) is 6.41 Å². The molecule has 0 saturated carbocycles. The number of hydrogen-bond acceptors (Lipinski definition) is 6. The lowest BCUT2D eigenvalue weighted by Gasteiger charge is -2.02. The van der Waals surface area contributed by atoms with Crippen molar-refractivity contribution >= 4 is 29.2 Å². The zero-order valence-electron chi connectivity index (χ0n) is 7.75. The molecule has 0 aliphatic rings. The fraction of sp³-hybridized carbons (Fsp3) is 0. The van der Waals surface area contributed by atoms with Crippen LogP contribution in [0.25, 0.3) is 0 Å². The summed E-state index contributed by atoms with van der Waals surface area (Å²) in [6.07, 6.45) is 0.249. The molecule has 0 heterocycles. The summed E-state index contributed by atoms with van der Waals surface area (Å²) in [5, 5.41) is 23.2. The molecule has 3 N–H and O–H groups in total. The zero-order valence-corrected chi connectivity index (χ0v) is 7.75. The van der Waals surface area contributed by atoms with Gasteiger partial charge in [0.15, 0.2) is 5.69 Å². The van der Waals surface area contributed by atoms with E-state index < -0.39 is 26.9 Å². The summed E-state index contributed by atoms with van der Waals surface area (Å²) in [4.78, 5) is 29.5. The molecule has 0 radical (unpaired) electrons. The number of amides is 1. The van der Waals surface area contributed by atoms with Gasteiger partial charge in [-0.25, -0.2) is 0 Å². The van der Waals surface area contributed by atoms with Crippen LogP contribution in [0.4, 0.5) is 22.7 Å². The maximum Gasteiger partial charge on any atom is 0.301 e. The first-order valence-corrected chi connectivity index (χ1v) is 3.90. The van der Waals surface area contributed by atoms with Crippen molar-refractivity contribution in [3.05, 3.63) is 32.4 Å². The maximum absolute atomic E-state index is 10.5. The quantitative estimate of drug-likeness (QED) is 0.334. The van der Waals surface area contributed by atoms with Crippen molar-refractivity contribution in [3.63, 3.8) is 0 Å². The van der Waals surface area contributed by atoms with Crippen molar-refractivity contribution in [2.45, 2.75) is 0 Å². The largest absolute Gasteiger partial charge is 0.387 e. The van der Waals surface area contributed by atoms with Crippen LogP contribution in [0.5, 0.6) is 0 Å². The molecule has 1 rings (SSSR count). The Kier molecular flexibility index (Phi) is 2.99. The monoisotopic (exact) mass is 226 g/mol. The number of nitrogen functional groups attached to an aromatic ring is 1. The first kappa shape index (κ1) is 11.4. The van der Waals surface area contributed by atoms with Crippen molar-refractivity contribution in [2.75, 3.05) is 11.1 Å². The SMILES string of the molecule is Nc1c([N+](=O)[O-])cc(NC=O)cc1[N+](=O)[O-]. The lowest BCUT2D eigenvalue weighted by Crippen LogP contribution is -2.03. The molecule has 0 unspecified atom stereocenters. The molecule has 0 aromatic heterocycles. The van der Waals surface area contributed by atoms with Crippen molar-refractivity contribution < 1.29 is 14.6 Å². The number of nitrogens with two attached hydrogens (primary N) is 1. The first-order valence-electron chi connectivity index (χ1n) is 3.90. The number of carbonyl (C=O) groups is 1. The van der Waals surface area contributed by atoms with Crippen LogP contribution in [0.3, 0.4) is 0 Å². The van der Waals surface area contributed by atoms with Crippen molar-refractivity contribution in [2.24, 2.45) is 0 Å². The van der Waals surface area contributed by atoms with E-state index in [1.54, 1.807) is 0 Å². The normalized spacial score (nSPS) is 9.50. The predicted molar refractivity (Wildman–Crippen MR) is 53.8 cm³/mol. The highest BCUT2D eigenvalue weighted by Crippen LogP contribution is 2.34. The second-order valence-electron chi connectivity index (χ2n) is 2.70. The molecular weight excluding hydrogens is 220 g/mol. The van der Waals surface area contributed by atoms with Crippen LogP contribution in [-0.4, -0.2) is 16.3 Å². The third-order valence-electron chi connectivity index (χ3n) is 1.76. The van der Waals surface area contributed by atoms with Gasteiger partial charge in [-0.15, -0.1) is 0 Å². The molecule has 1 aromatic rings. The van der Waals surface area contributed by atoms with Crippen LogP contribution in [-0.2, 0) is 4.79 Å². The van der Waals surface area contributed by atoms with Gasteiger partial charge in [-0.05, 0) is 0 Å². The molecule has 0 atom stereocenters. The molecule has 0 aliphatic heterocycles. The van der Waals surface area contributed by atoms with E-state index >= 15 is 0 Å². The Bertz CT molecular complexity index is 437. The van der Waals surface area contributed by atoms with Gasteiger partial charge in [0.1, 0.15) is 0 Å². The van der Waals surface area contributed by atoms with Gasteiger partial charge in [0, 0.05) is 12.1 Å². The molecule has 0 spiro atoms. The molecule has 1 aromatic carbocycles. The number of nitrogens with one attached hydrogen (secondary N) is 1. The van der Waals surface area contributed by atoms with Crippen molar-refractivity contribution in [1.29, 1.82) is 0 Å². The summed E-state index contributed by atoms with van der Waals surface area (Å²) in [5.41, 5.74) is 3.38. The smallest absolute Gasteiger partial charge is 0.301 e. The molecule has 9 nitrogen and oxygen atoms in total. The Morgan fingerprint density at radius 3 is 1.94 bits per heavy atom. The van der Waals surface area contributed by atoms with Crippen LogP contribution in [0.15, 0.2) is 12.1 Å². The van der Waals surface area contributed by atoms with Crippen LogP contribution < -0.4 is 11.1 Å². The van der Waals surface area contributed by atoms with E-state index in [0.717, 1.165) is 12.1 Å². The Balaban J connectivity index is 3.44. The molecule has 0 fully saturated rings. The highest BCUT2D eigenvalue weighted by molar-refractivity contribution is 5.81. The number of benzene rings is 1. The van der Waals surface area contributed by atoms with Gasteiger partial charge in [0.25, 0.3) is 0 Å². The zero-order chi connectivity index (χ0) is 12.3. The van der Waals surface area contributed by atoms with Crippen molar-refractivity contribution in [1.82, 2.24) is 0 Å². The Hall–Kier alpha value is -2.71. The fourth-order valence-electron chi connectivity index (χ4n) is 1.08. The van der Waals surface area contributed by atoms with E-state index in [4.69, 9.17) is 5.73 Å². The number of hydrogen-bond donors (Lipinski definition) is 2. The standard InChI is InChI=1S/C7H6N4O5/c8-7-5(10(13)14)1-4(9-3-12)2-6(7)11(15)16/h1-3H,8H2,(H,9,12). The number of nitrogens with zero attached hydrogens (tertiary/aromatic N) is 2. The number of carbonyl (C=O) groups excluding carboxylic acids is 1. The fourth-order valence-corrected chi connectivity index (χ4v) is 1.08. The van der Waals surface area contributed by atoms with E-state index in [1.165, 1.54) is 0 Å². The minimum atomic E-state index is -0.863. The summed E-state index contributed by atoms with van der Waals surface area (Å²) in [7, 11) is 0. The third-order valence-corrected chi connectivity index (χ3v) is 1.76. The summed E-state index contributed by atoms with van der Waals surface area (Å²) < 4.78 is 0. The first-order chi connectivity index (χ1) is 7.47. The average Bonchev–Trinajstić information content (AvgIpc) is 2.19. The molecule has 84 valence electrons. The topological polar surface area (TPSA) is 141 Å². The maximum atomic E-state index is 10.5. The Morgan fingerprint density at radius 2 is 1.62 bits per heavy atom. The van der Waals surface area contributed by atoms with Gasteiger partial charge in [-0.3, -0.25) is 25.0 Å². The van der Waals surface area contributed by atoms with E-state index in [9.17, 15) is 25.0 Å². The molecule has 16 heavy (non-hydrogen) atoms. The van der Waals surface area contributed by atoms with Gasteiger partial charge in [-0.1, -0.05) is 0 Å². The summed E-state index contributed by atoms with van der Waals surface area (Å²) >= 11 is 0. The lowest BCUT2D eigenvalue weighted by atomic mass is 10.2. The minimum Gasteiger partial charge on any atom is -0.387 e. The van der Waals surface area contributed by atoms with Gasteiger partial charge in [0.05, 0.1) is 15.5 Å². The Labute approximate surface area is 88.2 Å².